The molecular weight excluding hydrogens is 416 g/mol. The molecule has 0 aliphatic carbocycles. The average molecular weight is 443 g/mol. The molecule has 5 rings (SSSR count). The maximum absolute atomic E-state index is 13.4. The summed E-state index contributed by atoms with van der Waals surface area (Å²) in [5.41, 5.74) is 5.68. The van der Waals surface area contributed by atoms with Crippen molar-refractivity contribution in [1.82, 2.24) is 33.9 Å². The van der Waals surface area contributed by atoms with Crippen LogP contribution in [0.3, 0.4) is 0 Å². The molecule has 168 valence electrons. The van der Waals surface area contributed by atoms with Gasteiger partial charge in [0, 0.05) is 56.7 Å². The van der Waals surface area contributed by atoms with E-state index in [4.69, 9.17) is 0 Å². The molecule has 0 bridgehead atoms. The highest BCUT2D eigenvalue weighted by atomic mass is 16.1. The summed E-state index contributed by atoms with van der Waals surface area (Å²) >= 11 is 0. The molecule has 0 unspecified atom stereocenters. The van der Waals surface area contributed by atoms with E-state index in [9.17, 15) is 4.79 Å². The molecule has 0 fully saturated rings. The normalized spacial score (nSPS) is 11.7. The minimum absolute atomic E-state index is 0.130. The smallest absolute Gasteiger partial charge is 0.333 e. The van der Waals surface area contributed by atoms with Crippen LogP contribution in [0.25, 0.3) is 38.8 Å². The van der Waals surface area contributed by atoms with Crippen LogP contribution in [0.2, 0.25) is 0 Å². The third-order valence-electron chi connectivity index (χ3n) is 5.92. The number of aromatic nitrogens is 7. The molecule has 0 saturated heterocycles. The van der Waals surface area contributed by atoms with Gasteiger partial charge in [-0.25, -0.2) is 14.8 Å². The summed E-state index contributed by atoms with van der Waals surface area (Å²) < 4.78 is 5.26. The Bertz CT molecular complexity index is 1550. The van der Waals surface area contributed by atoms with Crippen molar-refractivity contribution in [2.45, 2.75) is 26.8 Å². The van der Waals surface area contributed by atoms with E-state index in [0.717, 1.165) is 44.4 Å². The monoisotopic (exact) mass is 442 g/mol. The quantitative estimate of drug-likeness (QED) is 0.424. The second-order valence-electron chi connectivity index (χ2n) is 8.74. The van der Waals surface area contributed by atoms with Crippen molar-refractivity contribution < 1.29 is 0 Å². The lowest BCUT2D eigenvalue weighted by Crippen LogP contribution is -2.21. The largest absolute Gasteiger partial charge is 0.347 e. The fraction of sp³-hybridized carbons (Fsp3) is 0.292. The summed E-state index contributed by atoms with van der Waals surface area (Å²) in [7, 11) is 5.59. The standard InChI is InChI=1S/C24H26N8O/c1-14(2)31-13-21(15(3)28-31)32-22-18-9-16(17-10-26-23(27-11-17)29(4)5)7-8-19(18)25-12-20(22)30(6)24(32)33/h7-14H,1-6H3. The van der Waals surface area contributed by atoms with Crippen molar-refractivity contribution in [2.75, 3.05) is 19.0 Å². The van der Waals surface area contributed by atoms with Gasteiger partial charge >= 0.3 is 5.69 Å². The Morgan fingerprint density at radius 1 is 1.00 bits per heavy atom. The number of hydrogen-bond donors (Lipinski definition) is 0. The van der Waals surface area contributed by atoms with Crippen molar-refractivity contribution in [3.8, 4) is 16.8 Å². The number of anilines is 1. The number of nitrogens with zero attached hydrogens (tertiary/aromatic N) is 8. The van der Waals surface area contributed by atoms with Crippen LogP contribution in [-0.2, 0) is 7.05 Å². The van der Waals surface area contributed by atoms with Gasteiger partial charge in [-0.15, -0.1) is 0 Å². The van der Waals surface area contributed by atoms with E-state index in [1.165, 1.54) is 0 Å². The second-order valence-corrected chi connectivity index (χ2v) is 8.74. The van der Waals surface area contributed by atoms with Gasteiger partial charge in [-0.1, -0.05) is 6.07 Å². The molecule has 0 amide bonds. The van der Waals surface area contributed by atoms with Gasteiger partial charge in [0.25, 0.3) is 0 Å². The molecule has 1 aromatic carbocycles. The number of fused-ring (bicyclic) bond motifs is 3. The summed E-state index contributed by atoms with van der Waals surface area (Å²) in [6.45, 7) is 6.06. The molecule has 5 aromatic rings. The average Bonchev–Trinajstić information content (AvgIpc) is 3.31. The zero-order valence-electron chi connectivity index (χ0n) is 19.6. The van der Waals surface area contributed by atoms with E-state index >= 15 is 0 Å². The van der Waals surface area contributed by atoms with Crippen molar-refractivity contribution in [3.63, 3.8) is 0 Å². The van der Waals surface area contributed by atoms with Crippen LogP contribution < -0.4 is 10.6 Å². The van der Waals surface area contributed by atoms with Gasteiger partial charge in [-0.2, -0.15) is 5.10 Å². The van der Waals surface area contributed by atoms with Crippen LogP contribution in [0.1, 0.15) is 25.6 Å². The number of aryl methyl sites for hydroxylation is 2. The molecule has 0 spiro atoms. The molecule has 0 atom stereocenters. The Hall–Kier alpha value is -4.01. The van der Waals surface area contributed by atoms with Crippen LogP contribution >= 0.6 is 0 Å². The predicted molar refractivity (Wildman–Crippen MR) is 130 cm³/mol. The second kappa shape index (κ2) is 7.54. The zero-order chi connectivity index (χ0) is 23.4. The van der Waals surface area contributed by atoms with Gasteiger partial charge in [0.15, 0.2) is 0 Å². The summed E-state index contributed by atoms with van der Waals surface area (Å²) in [6, 6.07) is 6.22. The highest BCUT2D eigenvalue weighted by molar-refractivity contribution is 6.04. The minimum Gasteiger partial charge on any atom is -0.347 e. The fourth-order valence-corrected chi connectivity index (χ4v) is 4.06. The van der Waals surface area contributed by atoms with Crippen molar-refractivity contribution in [3.05, 3.63) is 59.2 Å². The lowest BCUT2D eigenvalue weighted by atomic mass is 10.1. The maximum Gasteiger partial charge on any atom is 0.333 e. The Kier molecular flexibility index (Phi) is 4.77. The first kappa shape index (κ1) is 20.9. The highest BCUT2D eigenvalue weighted by Crippen LogP contribution is 2.30. The number of hydrogen-bond acceptors (Lipinski definition) is 6. The predicted octanol–water partition coefficient (Wildman–Crippen LogP) is 3.49. The zero-order valence-corrected chi connectivity index (χ0v) is 19.6. The van der Waals surface area contributed by atoms with Crippen molar-refractivity contribution >= 4 is 27.9 Å². The fourth-order valence-electron chi connectivity index (χ4n) is 4.06. The topological polar surface area (TPSA) is 86.7 Å². The molecule has 0 aliphatic rings. The Labute approximate surface area is 190 Å². The van der Waals surface area contributed by atoms with E-state index in [1.807, 2.05) is 61.3 Å². The molecule has 9 heteroatoms. The van der Waals surface area contributed by atoms with Gasteiger partial charge in [-0.05, 0) is 38.5 Å². The number of imidazole rings is 1. The van der Waals surface area contributed by atoms with Crippen LogP contribution in [-0.4, -0.2) is 48.0 Å². The Balaban J connectivity index is 1.79. The molecule has 0 saturated carbocycles. The molecule has 33 heavy (non-hydrogen) atoms. The molecule has 0 aliphatic heterocycles. The van der Waals surface area contributed by atoms with E-state index in [0.29, 0.717) is 5.95 Å². The van der Waals surface area contributed by atoms with Gasteiger partial charge in [0.05, 0.1) is 34.1 Å². The Morgan fingerprint density at radius 2 is 1.73 bits per heavy atom. The first-order valence-electron chi connectivity index (χ1n) is 10.8. The van der Waals surface area contributed by atoms with Gasteiger partial charge in [-0.3, -0.25) is 18.8 Å². The highest BCUT2D eigenvalue weighted by Gasteiger charge is 2.20. The lowest BCUT2D eigenvalue weighted by Gasteiger charge is -2.10. The molecular formula is C24H26N8O. The number of pyridine rings is 1. The Morgan fingerprint density at radius 3 is 2.36 bits per heavy atom. The molecule has 4 aromatic heterocycles. The van der Waals surface area contributed by atoms with E-state index < -0.39 is 0 Å². The first-order chi connectivity index (χ1) is 15.8. The van der Waals surface area contributed by atoms with Gasteiger partial charge < -0.3 is 4.90 Å². The van der Waals surface area contributed by atoms with E-state index in [1.54, 1.807) is 22.4 Å². The molecule has 4 heterocycles. The van der Waals surface area contributed by atoms with Crippen LogP contribution in [0.5, 0.6) is 0 Å². The number of rotatable bonds is 4. The van der Waals surface area contributed by atoms with Crippen LogP contribution in [0, 0.1) is 6.92 Å². The first-order valence-corrected chi connectivity index (χ1v) is 10.8. The van der Waals surface area contributed by atoms with Gasteiger partial charge in [0.1, 0.15) is 0 Å². The third-order valence-corrected chi connectivity index (χ3v) is 5.92. The molecule has 0 radical (unpaired) electrons. The van der Waals surface area contributed by atoms with Crippen LogP contribution in [0.15, 0.2) is 47.8 Å². The summed E-state index contributed by atoms with van der Waals surface area (Å²) in [4.78, 5) is 28.7. The van der Waals surface area contributed by atoms with E-state index in [-0.39, 0.29) is 11.7 Å². The van der Waals surface area contributed by atoms with Gasteiger partial charge in [0.2, 0.25) is 5.95 Å². The minimum atomic E-state index is -0.130. The summed E-state index contributed by atoms with van der Waals surface area (Å²) in [5.74, 6) is 0.651. The third kappa shape index (κ3) is 3.27. The molecule has 9 nitrogen and oxygen atoms in total. The van der Waals surface area contributed by atoms with Crippen molar-refractivity contribution in [1.29, 1.82) is 0 Å². The summed E-state index contributed by atoms with van der Waals surface area (Å²) in [5, 5.41) is 5.51. The number of benzene rings is 1. The van der Waals surface area contributed by atoms with E-state index in [2.05, 4.69) is 40.0 Å². The SMILES string of the molecule is Cc1nn(C(C)C)cc1-n1c(=O)n(C)c2cnc3ccc(-c4cnc(N(C)C)nc4)cc3c21. The maximum atomic E-state index is 13.4. The molecule has 0 N–H and O–H groups in total. The summed E-state index contributed by atoms with van der Waals surface area (Å²) in [6.07, 6.45) is 7.31. The van der Waals surface area contributed by atoms with Crippen molar-refractivity contribution in [2.24, 2.45) is 7.05 Å². The lowest BCUT2D eigenvalue weighted by molar-refractivity contribution is 0.529. The van der Waals surface area contributed by atoms with Crippen LogP contribution in [0.4, 0.5) is 5.95 Å².